The molecule has 0 fully saturated rings. The van der Waals surface area contributed by atoms with Crippen molar-refractivity contribution >= 4 is 33.6 Å². The minimum Gasteiger partial charge on any atom is -0.493 e. The minimum absolute atomic E-state index is 0.00147. The van der Waals surface area contributed by atoms with Gasteiger partial charge in [0.2, 0.25) is 0 Å². The zero-order valence-corrected chi connectivity index (χ0v) is 17.6. The Morgan fingerprint density at radius 1 is 1.18 bits per heavy atom. The molecule has 0 aliphatic heterocycles. The summed E-state index contributed by atoms with van der Waals surface area (Å²) in [5.74, 6) is 0.744. The van der Waals surface area contributed by atoms with Crippen molar-refractivity contribution in [3.8, 4) is 17.6 Å². The predicted molar refractivity (Wildman–Crippen MR) is 114 cm³/mol. The van der Waals surface area contributed by atoms with Crippen LogP contribution in [-0.4, -0.2) is 19.6 Å². The van der Waals surface area contributed by atoms with Crippen molar-refractivity contribution in [3.05, 3.63) is 58.1 Å². The van der Waals surface area contributed by atoms with Gasteiger partial charge in [0.25, 0.3) is 5.91 Å². The summed E-state index contributed by atoms with van der Waals surface area (Å²) in [6.45, 7) is 2.76. The first-order valence-electron chi connectivity index (χ1n) is 9.07. The Balaban J connectivity index is 2.13. The zero-order valence-electron chi connectivity index (χ0n) is 16.0. The quantitative estimate of drug-likeness (QED) is 0.312. The third kappa shape index (κ3) is 6.43. The molecule has 0 heterocycles. The lowest BCUT2D eigenvalue weighted by Gasteiger charge is -2.11. The highest BCUT2D eigenvalue weighted by Crippen LogP contribution is 2.29. The largest absolute Gasteiger partial charge is 0.493 e. The van der Waals surface area contributed by atoms with Gasteiger partial charge in [-0.2, -0.15) is 5.26 Å². The highest BCUT2D eigenvalue weighted by molar-refractivity contribution is 9.10. The van der Waals surface area contributed by atoms with Gasteiger partial charge in [-0.1, -0.05) is 41.8 Å². The molecular weight excluding hydrogens is 420 g/mol. The first-order chi connectivity index (χ1) is 13.6. The summed E-state index contributed by atoms with van der Waals surface area (Å²) in [5.41, 5.74) is 1.30. The molecule has 28 heavy (non-hydrogen) atoms. The molecule has 0 unspecified atom stereocenters. The SMILES string of the molecule is CCCCCOc1ccc(/C=C(\C#N)C(=O)Nc2ccc(Br)cc2)cc1OC. The number of carbonyl (C=O) groups excluding carboxylic acids is 1. The lowest BCUT2D eigenvalue weighted by atomic mass is 10.1. The van der Waals surface area contributed by atoms with E-state index in [4.69, 9.17) is 9.47 Å². The van der Waals surface area contributed by atoms with Crippen LogP contribution in [-0.2, 0) is 4.79 Å². The number of ether oxygens (including phenoxy) is 2. The molecule has 0 aromatic heterocycles. The summed E-state index contributed by atoms with van der Waals surface area (Å²) in [7, 11) is 1.56. The van der Waals surface area contributed by atoms with Gasteiger partial charge in [0, 0.05) is 10.2 Å². The van der Waals surface area contributed by atoms with E-state index in [0.29, 0.717) is 29.4 Å². The van der Waals surface area contributed by atoms with Gasteiger partial charge in [-0.3, -0.25) is 4.79 Å². The Labute approximate surface area is 174 Å². The van der Waals surface area contributed by atoms with E-state index in [1.807, 2.05) is 18.2 Å². The van der Waals surface area contributed by atoms with Crippen molar-refractivity contribution in [2.24, 2.45) is 0 Å². The zero-order chi connectivity index (χ0) is 20.4. The van der Waals surface area contributed by atoms with Crippen LogP contribution in [0.4, 0.5) is 5.69 Å². The molecule has 2 rings (SSSR count). The summed E-state index contributed by atoms with van der Waals surface area (Å²) in [5, 5.41) is 12.1. The number of anilines is 1. The molecule has 2 aromatic rings. The van der Waals surface area contributed by atoms with Crippen LogP contribution >= 0.6 is 15.9 Å². The lowest BCUT2D eigenvalue weighted by Crippen LogP contribution is -2.13. The van der Waals surface area contributed by atoms with Crippen LogP contribution in [0.15, 0.2) is 52.5 Å². The number of amides is 1. The molecule has 146 valence electrons. The predicted octanol–water partition coefficient (Wildman–Crippen LogP) is 5.57. The Bertz CT molecular complexity index is 870. The average Bonchev–Trinajstić information content (AvgIpc) is 2.71. The van der Waals surface area contributed by atoms with E-state index in [2.05, 4.69) is 28.2 Å². The summed E-state index contributed by atoms with van der Waals surface area (Å²) in [6.07, 6.45) is 4.75. The first kappa shape index (κ1) is 21.5. The van der Waals surface area contributed by atoms with E-state index in [1.165, 1.54) is 6.08 Å². The average molecular weight is 443 g/mol. The second-order valence-corrected chi connectivity index (χ2v) is 7.01. The normalized spacial score (nSPS) is 10.9. The minimum atomic E-state index is -0.469. The van der Waals surface area contributed by atoms with E-state index < -0.39 is 5.91 Å². The monoisotopic (exact) mass is 442 g/mol. The number of methoxy groups -OCH3 is 1. The Kier molecular flexibility index (Phi) is 8.57. The van der Waals surface area contributed by atoms with Gasteiger partial charge in [0.1, 0.15) is 11.6 Å². The van der Waals surface area contributed by atoms with Gasteiger partial charge >= 0.3 is 0 Å². The van der Waals surface area contributed by atoms with Gasteiger partial charge in [0.05, 0.1) is 13.7 Å². The standard InChI is InChI=1S/C22H23BrN2O3/c1-3-4-5-12-28-20-11-6-16(14-21(20)27-2)13-17(15-24)22(26)25-19-9-7-18(23)8-10-19/h6-11,13-14H,3-5,12H2,1-2H3,(H,25,26)/b17-13+. The third-order valence-corrected chi connectivity index (χ3v) is 4.50. The maximum Gasteiger partial charge on any atom is 0.266 e. The second kappa shape index (κ2) is 11.2. The van der Waals surface area contributed by atoms with Crippen LogP contribution in [0.2, 0.25) is 0 Å². The van der Waals surface area contributed by atoms with Crippen LogP contribution in [0.25, 0.3) is 6.08 Å². The molecule has 0 radical (unpaired) electrons. The third-order valence-electron chi connectivity index (χ3n) is 3.97. The van der Waals surface area contributed by atoms with Gasteiger partial charge < -0.3 is 14.8 Å². The van der Waals surface area contributed by atoms with Gasteiger partial charge in [-0.05, 0) is 54.5 Å². The second-order valence-electron chi connectivity index (χ2n) is 6.10. The van der Waals surface area contributed by atoms with Gasteiger partial charge in [-0.15, -0.1) is 0 Å². The Morgan fingerprint density at radius 3 is 2.57 bits per heavy atom. The molecule has 0 bridgehead atoms. The summed E-state index contributed by atoms with van der Waals surface area (Å²) in [4.78, 5) is 12.4. The molecule has 0 spiro atoms. The maximum absolute atomic E-state index is 12.4. The molecule has 0 saturated carbocycles. The number of unbranched alkanes of at least 4 members (excludes halogenated alkanes) is 2. The van der Waals surface area contributed by atoms with Crippen LogP contribution in [0, 0.1) is 11.3 Å². The van der Waals surface area contributed by atoms with Gasteiger partial charge in [-0.25, -0.2) is 0 Å². The molecule has 5 nitrogen and oxygen atoms in total. The molecule has 6 heteroatoms. The van der Waals surface area contributed by atoms with Crippen molar-refractivity contribution in [1.29, 1.82) is 5.26 Å². The fourth-order valence-electron chi connectivity index (χ4n) is 2.47. The number of hydrogen-bond donors (Lipinski definition) is 1. The molecule has 1 amide bonds. The Hall–Kier alpha value is -2.78. The lowest BCUT2D eigenvalue weighted by molar-refractivity contribution is -0.112. The number of rotatable bonds is 9. The molecule has 0 saturated heterocycles. The van der Waals surface area contributed by atoms with E-state index in [-0.39, 0.29) is 5.57 Å². The molecule has 0 atom stereocenters. The van der Waals surface area contributed by atoms with E-state index in [1.54, 1.807) is 37.4 Å². The topological polar surface area (TPSA) is 71.3 Å². The van der Waals surface area contributed by atoms with Crippen molar-refractivity contribution in [3.63, 3.8) is 0 Å². The number of nitrogens with zero attached hydrogens (tertiary/aromatic N) is 1. The highest BCUT2D eigenvalue weighted by Gasteiger charge is 2.11. The number of nitriles is 1. The van der Waals surface area contributed by atoms with Gasteiger partial charge in [0.15, 0.2) is 11.5 Å². The number of hydrogen-bond acceptors (Lipinski definition) is 4. The Morgan fingerprint density at radius 2 is 1.93 bits per heavy atom. The number of halogens is 1. The van der Waals surface area contributed by atoms with Crippen molar-refractivity contribution in [2.45, 2.75) is 26.2 Å². The molecule has 2 aromatic carbocycles. The maximum atomic E-state index is 12.4. The molecular formula is C22H23BrN2O3. The van der Waals surface area contributed by atoms with Crippen LogP contribution < -0.4 is 14.8 Å². The number of benzene rings is 2. The highest BCUT2D eigenvalue weighted by atomic mass is 79.9. The molecule has 0 aliphatic rings. The van der Waals surface area contributed by atoms with Crippen molar-refractivity contribution in [2.75, 3.05) is 19.0 Å². The summed E-state index contributed by atoms with van der Waals surface area (Å²) < 4.78 is 12.1. The number of carbonyl (C=O) groups is 1. The smallest absolute Gasteiger partial charge is 0.266 e. The fourth-order valence-corrected chi connectivity index (χ4v) is 2.74. The molecule has 0 aliphatic carbocycles. The van der Waals surface area contributed by atoms with E-state index in [9.17, 15) is 10.1 Å². The van der Waals surface area contributed by atoms with E-state index in [0.717, 1.165) is 23.7 Å². The summed E-state index contributed by atoms with van der Waals surface area (Å²) >= 11 is 3.34. The fraction of sp³-hybridized carbons (Fsp3) is 0.273. The number of nitrogens with one attached hydrogen (secondary N) is 1. The summed E-state index contributed by atoms with van der Waals surface area (Å²) in [6, 6.07) is 14.4. The van der Waals surface area contributed by atoms with Crippen molar-refractivity contribution < 1.29 is 14.3 Å². The first-order valence-corrected chi connectivity index (χ1v) is 9.86. The van der Waals surface area contributed by atoms with Crippen LogP contribution in [0.3, 0.4) is 0 Å². The van der Waals surface area contributed by atoms with Crippen LogP contribution in [0.1, 0.15) is 31.7 Å². The van der Waals surface area contributed by atoms with Crippen molar-refractivity contribution in [1.82, 2.24) is 0 Å². The molecule has 1 N–H and O–H groups in total. The van der Waals surface area contributed by atoms with E-state index >= 15 is 0 Å². The van der Waals surface area contributed by atoms with Crippen LogP contribution in [0.5, 0.6) is 11.5 Å².